The van der Waals surface area contributed by atoms with Crippen molar-refractivity contribution in [2.24, 2.45) is 0 Å². The topological polar surface area (TPSA) is 52.0 Å². The minimum absolute atomic E-state index is 0.0715. The van der Waals surface area contributed by atoms with Crippen molar-refractivity contribution in [3.8, 4) is 11.1 Å². The van der Waals surface area contributed by atoms with E-state index in [2.05, 4.69) is 0 Å². The van der Waals surface area contributed by atoms with Gasteiger partial charge in [-0.05, 0) is 23.8 Å². The van der Waals surface area contributed by atoms with Crippen LogP contribution in [0.2, 0.25) is 0 Å². The van der Waals surface area contributed by atoms with E-state index in [0.29, 0.717) is 0 Å². The largest absolute Gasteiger partial charge is 0.420 e. The molecule has 0 aliphatic heterocycles. The molecule has 0 unspecified atom stereocenters. The molecule has 2 aromatic carbocycles. The quantitative estimate of drug-likeness (QED) is 0.598. The van der Waals surface area contributed by atoms with Crippen molar-refractivity contribution in [3.63, 3.8) is 0 Å². The summed E-state index contributed by atoms with van der Waals surface area (Å²) in [5.41, 5.74) is 7.01. The smallest absolute Gasteiger partial charge is 0.398 e. The van der Waals surface area contributed by atoms with Crippen LogP contribution >= 0.6 is 0 Å². The van der Waals surface area contributed by atoms with Crippen molar-refractivity contribution in [2.45, 2.75) is 12.4 Å². The van der Waals surface area contributed by atoms with Crippen LogP contribution in [-0.4, -0.2) is 0 Å². The molecule has 0 fully saturated rings. The van der Waals surface area contributed by atoms with Crippen molar-refractivity contribution >= 4 is 11.4 Å². The first-order valence-corrected chi connectivity index (χ1v) is 5.94. The van der Waals surface area contributed by atoms with Gasteiger partial charge in [-0.1, -0.05) is 18.2 Å². The van der Waals surface area contributed by atoms with Crippen LogP contribution < -0.4 is 11.5 Å². The maximum Gasteiger partial charge on any atom is 0.420 e. The first-order valence-electron chi connectivity index (χ1n) is 5.94. The Morgan fingerprint density at radius 1 is 0.773 bits per heavy atom. The summed E-state index contributed by atoms with van der Waals surface area (Å²) in [5.74, 6) is 0. The molecule has 4 N–H and O–H groups in total. The fourth-order valence-corrected chi connectivity index (χ4v) is 2.07. The van der Waals surface area contributed by atoms with E-state index in [1.54, 1.807) is 0 Å². The van der Waals surface area contributed by atoms with Crippen LogP contribution in [0.5, 0.6) is 0 Å². The Bertz CT molecular complexity index is 703. The second kappa shape index (κ2) is 5.11. The highest BCUT2D eigenvalue weighted by atomic mass is 19.4. The van der Waals surface area contributed by atoms with Gasteiger partial charge in [-0.2, -0.15) is 26.3 Å². The number of rotatable bonds is 1. The molecule has 0 aromatic heterocycles. The zero-order valence-corrected chi connectivity index (χ0v) is 10.9. The zero-order chi connectivity index (χ0) is 16.7. The van der Waals surface area contributed by atoms with Crippen molar-refractivity contribution < 1.29 is 26.3 Å². The standard InChI is InChI=1S/C14H10F6N2/c15-13(16,17)8-3-1-2-7(6-8)9-4-5-10(21)11(12(9)22)14(18,19)20/h1-6H,21-22H2. The van der Waals surface area contributed by atoms with Gasteiger partial charge in [0.25, 0.3) is 0 Å². The van der Waals surface area contributed by atoms with Crippen molar-refractivity contribution in [2.75, 3.05) is 11.5 Å². The van der Waals surface area contributed by atoms with Crippen molar-refractivity contribution in [3.05, 3.63) is 47.5 Å². The van der Waals surface area contributed by atoms with Gasteiger partial charge in [-0.3, -0.25) is 0 Å². The van der Waals surface area contributed by atoms with Crippen LogP contribution in [-0.2, 0) is 12.4 Å². The van der Waals surface area contributed by atoms with Crippen LogP contribution in [0.1, 0.15) is 11.1 Å². The van der Waals surface area contributed by atoms with E-state index >= 15 is 0 Å². The number of benzene rings is 2. The molecule has 0 saturated heterocycles. The zero-order valence-electron chi connectivity index (χ0n) is 10.9. The van der Waals surface area contributed by atoms with Crippen LogP contribution in [0.15, 0.2) is 36.4 Å². The summed E-state index contributed by atoms with van der Waals surface area (Å²) >= 11 is 0. The third-order valence-electron chi connectivity index (χ3n) is 3.06. The number of hydrogen-bond acceptors (Lipinski definition) is 2. The Morgan fingerprint density at radius 3 is 1.95 bits per heavy atom. The second-order valence-electron chi connectivity index (χ2n) is 4.57. The Hall–Kier alpha value is -2.38. The number of nitrogen functional groups attached to an aromatic ring is 2. The van der Waals surface area contributed by atoms with E-state index in [4.69, 9.17) is 11.5 Å². The Kier molecular flexibility index (Phi) is 3.72. The lowest BCUT2D eigenvalue weighted by molar-refractivity contribution is -0.138. The number of anilines is 2. The molecular formula is C14H10F6N2. The fraction of sp³-hybridized carbons (Fsp3) is 0.143. The monoisotopic (exact) mass is 320 g/mol. The van der Waals surface area contributed by atoms with E-state index in [1.165, 1.54) is 6.07 Å². The van der Waals surface area contributed by atoms with E-state index in [9.17, 15) is 26.3 Å². The van der Waals surface area contributed by atoms with Crippen molar-refractivity contribution in [1.82, 2.24) is 0 Å². The number of nitrogens with two attached hydrogens (primary N) is 2. The first kappa shape index (κ1) is 16.0. The van der Waals surface area contributed by atoms with E-state index in [1.807, 2.05) is 0 Å². The molecule has 2 nitrogen and oxygen atoms in total. The fourth-order valence-electron chi connectivity index (χ4n) is 2.07. The molecule has 0 aliphatic rings. The summed E-state index contributed by atoms with van der Waals surface area (Å²) in [5, 5.41) is 0. The highest BCUT2D eigenvalue weighted by Gasteiger charge is 2.36. The molecule has 0 bridgehead atoms. The summed E-state index contributed by atoms with van der Waals surface area (Å²) in [6.45, 7) is 0. The van der Waals surface area contributed by atoms with E-state index in [0.717, 1.165) is 30.3 Å². The molecule has 0 spiro atoms. The van der Waals surface area contributed by atoms with Gasteiger partial charge in [0, 0.05) is 11.3 Å². The molecular weight excluding hydrogens is 310 g/mol. The average Bonchev–Trinajstić information content (AvgIpc) is 2.36. The molecule has 0 aliphatic carbocycles. The highest BCUT2D eigenvalue weighted by Crippen LogP contribution is 2.42. The average molecular weight is 320 g/mol. The molecule has 22 heavy (non-hydrogen) atoms. The Labute approximate surface area is 121 Å². The maximum atomic E-state index is 12.9. The van der Waals surface area contributed by atoms with Gasteiger partial charge in [-0.15, -0.1) is 0 Å². The first-order chi connectivity index (χ1) is 10.0. The molecule has 0 amide bonds. The summed E-state index contributed by atoms with van der Waals surface area (Å²) in [6.07, 6.45) is -9.41. The summed E-state index contributed by atoms with van der Waals surface area (Å²) in [6, 6.07) is 6.03. The summed E-state index contributed by atoms with van der Waals surface area (Å²) in [7, 11) is 0. The highest BCUT2D eigenvalue weighted by molar-refractivity contribution is 5.83. The molecule has 0 atom stereocenters. The van der Waals surface area contributed by atoms with Crippen LogP contribution in [0.3, 0.4) is 0 Å². The molecule has 8 heteroatoms. The second-order valence-corrected chi connectivity index (χ2v) is 4.57. The van der Waals surface area contributed by atoms with Gasteiger partial charge in [0.15, 0.2) is 0 Å². The predicted molar refractivity (Wildman–Crippen MR) is 70.7 cm³/mol. The predicted octanol–water partition coefficient (Wildman–Crippen LogP) is 4.56. The van der Waals surface area contributed by atoms with Gasteiger partial charge >= 0.3 is 12.4 Å². The van der Waals surface area contributed by atoms with Gasteiger partial charge in [0.05, 0.1) is 11.3 Å². The molecule has 0 saturated carbocycles. The Morgan fingerprint density at radius 2 is 1.41 bits per heavy atom. The molecule has 2 rings (SSSR count). The normalized spacial score (nSPS) is 12.5. The van der Waals surface area contributed by atoms with Gasteiger partial charge in [0.1, 0.15) is 5.56 Å². The minimum atomic E-state index is -4.80. The molecule has 0 heterocycles. The van der Waals surface area contributed by atoms with E-state index in [-0.39, 0.29) is 11.1 Å². The molecule has 118 valence electrons. The van der Waals surface area contributed by atoms with Crippen LogP contribution in [0, 0.1) is 0 Å². The van der Waals surface area contributed by atoms with E-state index < -0.39 is 34.9 Å². The third-order valence-corrected chi connectivity index (χ3v) is 3.06. The number of alkyl halides is 6. The lowest BCUT2D eigenvalue weighted by Gasteiger charge is -2.17. The van der Waals surface area contributed by atoms with Gasteiger partial charge in [-0.25, -0.2) is 0 Å². The maximum absolute atomic E-state index is 12.9. The Balaban J connectivity index is 2.65. The third kappa shape index (κ3) is 2.95. The number of halogens is 6. The SMILES string of the molecule is Nc1ccc(-c2cccc(C(F)(F)F)c2)c(N)c1C(F)(F)F. The summed E-state index contributed by atoms with van der Waals surface area (Å²) < 4.78 is 76.9. The van der Waals surface area contributed by atoms with Crippen LogP contribution in [0.4, 0.5) is 37.7 Å². The summed E-state index contributed by atoms with van der Waals surface area (Å²) in [4.78, 5) is 0. The molecule has 2 aromatic rings. The number of hydrogen-bond donors (Lipinski definition) is 2. The van der Waals surface area contributed by atoms with Gasteiger partial charge in [0.2, 0.25) is 0 Å². The lowest BCUT2D eigenvalue weighted by Crippen LogP contribution is -2.13. The lowest BCUT2D eigenvalue weighted by atomic mass is 9.97. The van der Waals surface area contributed by atoms with Gasteiger partial charge < -0.3 is 11.5 Å². The van der Waals surface area contributed by atoms with Crippen LogP contribution in [0.25, 0.3) is 11.1 Å². The van der Waals surface area contributed by atoms with Crippen molar-refractivity contribution in [1.29, 1.82) is 0 Å². The molecule has 0 radical (unpaired) electrons. The minimum Gasteiger partial charge on any atom is -0.398 e.